The summed E-state index contributed by atoms with van der Waals surface area (Å²) in [6.45, 7) is 3.74. The average Bonchev–Trinajstić information content (AvgIpc) is 2.53. The fourth-order valence-electron chi connectivity index (χ4n) is 3.44. The molecule has 0 saturated heterocycles. The Labute approximate surface area is 95.0 Å². The van der Waals surface area contributed by atoms with Crippen LogP contribution in [0.5, 0.6) is 0 Å². The zero-order valence-corrected chi connectivity index (χ0v) is 10.2. The highest BCUT2D eigenvalue weighted by molar-refractivity contribution is 6.47. The van der Waals surface area contributed by atoms with Crippen molar-refractivity contribution in [3.05, 3.63) is 0 Å². The molecule has 0 radical (unpaired) electrons. The van der Waals surface area contributed by atoms with Gasteiger partial charge in [0.25, 0.3) is 0 Å². The van der Waals surface area contributed by atoms with Crippen LogP contribution in [-0.4, -0.2) is 36.5 Å². The number of Topliss-reactive ketones (excluding diaryl/α,β-unsaturated/α-hetero) is 2. The molecule has 2 aliphatic carbocycles. The fraction of sp³-hybridized carbons (Fsp3) is 0.750. The number of hydrogen-bond donors (Lipinski definition) is 0. The average molecular weight is 223 g/mol. The van der Waals surface area contributed by atoms with E-state index in [9.17, 15) is 14.4 Å². The van der Waals surface area contributed by atoms with Gasteiger partial charge in [0.05, 0.1) is 0 Å². The Hall–Kier alpha value is -1.19. The Bertz CT molecular complexity index is 397. The second kappa shape index (κ2) is 2.93. The third-order valence-electron chi connectivity index (χ3n) is 4.48. The molecule has 2 rings (SSSR count). The van der Waals surface area contributed by atoms with E-state index in [4.69, 9.17) is 0 Å². The molecule has 2 saturated carbocycles. The van der Waals surface area contributed by atoms with Crippen LogP contribution in [0.15, 0.2) is 0 Å². The highest BCUT2D eigenvalue weighted by Gasteiger charge is 2.72. The van der Waals surface area contributed by atoms with E-state index in [1.165, 1.54) is 4.90 Å². The zero-order valence-electron chi connectivity index (χ0n) is 10.2. The predicted octanol–water partition coefficient (Wildman–Crippen LogP) is 0.649. The van der Waals surface area contributed by atoms with Gasteiger partial charge in [-0.25, -0.2) is 0 Å². The molecule has 1 amide bonds. The Morgan fingerprint density at radius 3 is 2.25 bits per heavy atom. The van der Waals surface area contributed by atoms with Gasteiger partial charge >= 0.3 is 0 Å². The molecule has 0 heterocycles. The van der Waals surface area contributed by atoms with Crippen molar-refractivity contribution >= 4 is 17.5 Å². The quantitative estimate of drug-likeness (QED) is 0.484. The van der Waals surface area contributed by atoms with Gasteiger partial charge < -0.3 is 4.90 Å². The summed E-state index contributed by atoms with van der Waals surface area (Å²) in [5.41, 5.74) is -1.61. The molecule has 2 atom stereocenters. The molecule has 0 aromatic carbocycles. The molecule has 0 N–H and O–H groups in total. The topological polar surface area (TPSA) is 54.5 Å². The van der Waals surface area contributed by atoms with E-state index < -0.39 is 16.6 Å². The van der Waals surface area contributed by atoms with Crippen LogP contribution in [0.25, 0.3) is 0 Å². The van der Waals surface area contributed by atoms with Crippen LogP contribution in [-0.2, 0) is 14.4 Å². The van der Waals surface area contributed by atoms with E-state index in [2.05, 4.69) is 0 Å². The minimum atomic E-state index is -1.09. The highest BCUT2D eigenvalue weighted by Crippen LogP contribution is 2.62. The first kappa shape index (κ1) is 11.3. The van der Waals surface area contributed by atoms with Crippen molar-refractivity contribution in [3.63, 3.8) is 0 Å². The number of nitrogens with zero attached hydrogens (tertiary/aromatic N) is 1. The SMILES string of the molecule is CN(C)C(=O)C12CCC(C(=O)C1=O)C2(C)C. The van der Waals surface area contributed by atoms with Crippen molar-refractivity contribution in [1.82, 2.24) is 4.90 Å². The third-order valence-corrected chi connectivity index (χ3v) is 4.48. The van der Waals surface area contributed by atoms with Crippen molar-refractivity contribution < 1.29 is 14.4 Å². The van der Waals surface area contributed by atoms with Gasteiger partial charge in [-0.1, -0.05) is 13.8 Å². The lowest BCUT2D eigenvalue weighted by Crippen LogP contribution is -2.49. The van der Waals surface area contributed by atoms with Gasteiger partial charge in [-0.05, 0) is 18.3 Å². The van der Waals surface area contributed by atoms with E-state index in [0.717, 1.165) is 0 Å². The third kappa shape index (κ3) is 0.931. The Morgan fingerprint density at radius 2 is 1.88 bits per heavy atom. The molecule has 0 aromatic heterocycles. The van der Waals surface area contributed by atoms with E-state index in [1.54, 1.807) is 14.1 Å². The van der Waals surface area contributed by atoms with Crippen LogP contribution in [0.2, 0.25) is 0 Å². The summed E-state index contributed by atoms with van der Waals surface area (Å²) in [4.78, 5) is 37.5. The molecule has 88 valence electrons. The maximum atomic E-state index is 12.2. The standard InChI is InChI=1S/C12H17NO3/c1-11(2)7-5-6-12(11,9(15)8(7)14)10(16)13(3)4/h7H,5-6H2,1-4H3. The minimum absolute atomic E-state index is 0.212. The zero-order chi connectivity index (χ0) is 12.3. The van der Waals surface area contributed by atoms with Gasteiger partial charge in [0.15, 0.2) is 0 Å². The monoisotopic (exact) mass is 223 g/mol. The number of rotatable bonds is 1. The highest BCUT2D eigenvalue weighted by atomic mass is 16.2. The van der Waals surface area contributed by atoms with Gasteiger partial charge in [-0.3, -0.25) is 14.4 Å². The lowest BCUT2D eigenvalue weighted by Gasteiger charge is -2.35. The van der Waals surface area contributed by atoms with E-state index in [0.29, 0.717) is 12.8 Å². The van der Waals surface area contributed by atoms with Gasteiger partial charge in [0, 0.05) is 20.0 Å². The van der Waals surface area contributed by atoms with Crippen LogP contribution in [0.4, 0.5) is 0 Å². The minimum Gasteiger partial charge on any atom is -0.348 e. The summed E-state index contributed by atoms with van der Waals surface area (Å²) in [6, 6.07) is 0. The predicted molar refractivity (Wildman–Crippen MR) is 57.6 cm³/mol. The largest absolute Gasteiger partial charge is 0.348 e. The van der Waals surface area contributed by atoms with Crippen LogP contribution in [0.1, 0.15) is 26.7 Å². The lowest BCUT2D eigenvalue weighted by molar-refractivity contribution is -0.153. The van der Waals surface area contributed by atoms with Crippen molar-refractivity contribution in [1.29, 1.82) is 0 Å². The molecule has 2 aliphatic rings. The maximum Gasteiger partial charge on any atom is 0.236 e. The van der Waals surface area contributed by atoms with Crippen LogP contribution >= 0.6 is 0 Å². The number of carbonyl (C=O) groups is 3. The number of ketones is 2. The maximum absolute atomic E-state index is 12.2. The van der Waals surface area contributed by atoms with Gasteiger partial charge in [0.1, 0.15) is 5.41 Å². The summed E-state index contributed by atoms with van der Waals surface area (Å²) in [5.74, 6) is -1.28. The van der Waals surface area contributed by atoms with Crippen molar-refractivity contribution in [2.75, 3.05) is 14.1 Å². The Kier molecular flexibility index (Phi) is 2.07. The summed E-state index contributed by atoms with van der Waals surface area (Å²) >= 11 is 0. The van der Waals surface area contributed by atoms with Gasteiger partial charge in [-0.15, -0.1) is 0 Å². The van der Waals surface area contributed by atoms with Crippen molar-refractivity contribution in [2.24, 2.45) is 16.7 Å². The first-order valence-electron chi connectivity index (χ1n) is 5.57. The fourth-order valence-corrected chi connectivity index (χ4v) is 3.44. The summed E-state index contributed by atoms with van der Waals surface area (Å²) in [5, 5.41) is 0. The summed E-state index contributed by atoms with van der Waals surface area (Å²) in [7, 11) is 3.27. The van der Waals surface area contributed by atoms with Crippen LogP contribution in [0, 0.1) is 16.7 Å². The van der Waals surface area contributed by atoms with E-state index >= 15 is 0 Å². The van der Waals surface area contributed by atoms with Gasteiger partial charge in [-0.2, -0.15) is 0 Å². The molecule has 0 spiro atoms. The van der Waals surface area contributed by atoms with Crippen LogP contribution < -0.4 is 0 Å². The number of hydrogen-bond acceptors (Lipinski definition) is 3. The molecule has 2 bridgehead atoms. The summed E-state index contributed by atoms with van der Waals surface area (Å²) in [6.07, 6.45) is 1.18. The molecular formula is C12H17NO3. The normalized spacial score (nSPS) is 35.6. The van der Waals surface area contributed by atoms with Crippen molar-refractivity contribution in [3.8, 4) is 0 Å². The molecule has 4 heteroatoms. The second-order valence-electron chi connectivity index (χ2n) is 5.61. The smallest absolute Gasteiger partial charge is 0.236 e. The van der Waals surface area contributed by atoms with Gasteiger partial charge in [0.2, 0.25) is 17.5 Å². The molecule has 0 aromatic rings. The van der Waals surface area contributed by atoms with E-state index in [1.807, 2.05) is 13.8 Å². The van der Waals surface area contributed by atoms with Crippen LogP contribution in [0.3, 0.4) is 0 Å². The number of fused-ring (bicyclic) bond motifs is 2. The lowest BCUT2D eigenvalue weighted by atomic mass is 9.68. The first-order valence-corrected chi connectivity index (χ1v) is 5.57. The number of carbonyl (C=O) groups excluding carboxylic acids is 3. The molecule has 16 heavy (non-hydrogen) atoms. The molecular weight excluding hydrogens is 206 g/mol. The molecule has 2 fully saturated rings. The Balaban J connectivity index is 2.58. The summed E-state index contributed by atoms with van der Waals surface area (Å²) < 4.78 is 0. The van der Waals surface area contributed by atoms with Crippen molar-refractivity contribution in [2.45, 2.75) is 26.7 Å². The second-order valence-corrected chi connectivity index (χ2v) is 5.61. The molecule has 4 nitrogen and oxygen atoms in total. The molecule has 0 aliphatic heterocycles. The van der Waals surface area contributed by atoms with E-state index in [-0.39, 0.29) is 17.6 Å². The Morgan fingerprint density at radius 1 is 1.31 bits per heavy atom. The number of amides is 1. The molecule has 2 unspecified atom stereocenters. The first-order chi connectivity index (χ1) is 7.26.